The summed E-state index contributed by atoms with van der Waals surface area (Å²) in [6.45, 7) is 4.07. The Bertz CT molecular complexity index is 705. The number of anilines is 1. The zero-order valence-electron chi connectivity index (χ0n) is 13.8. The van der Waals surface area contributed by atoms with E-state index >= 15 is 4.39 Å². The third-order valence-corrected chi connectivity index (χ3v) is 3.65. The fraction of sp³-hybridized carbons (Fsp3) is 0.643. The van der Waals surface area contributed by atoms with Crippen LogP contribution in [0.25, 0.3) is 0 Å². The van der Waals surface area contributed by atoms with Gasteiger partial charge in [0.05, 0.1) is 6.61 Å². The van der Waals surface area contributed by atoms with Crippen molar-refractivity contribution in [1.29, 1.82) is 0 Å². The molecule has 0 bridgehead atoms. The van der Waals surface area contributed by atoms with Gasteiger partial charge in [-0.05, 0) is 26.8 Å². The molecule has 0 radical (unpaired) electrons. The fourth-order valence-corrected chi connectivity index (χ4v) is 2.58. The molecule has 140 valence electrons. The van der Waals surface area contributed by atoms with E-state index in [4.69, 9.17) is 31.5 Å². The number of rotatable bonds is 3. The summed E-state index contributed by atoms with van der Waals surface area (Å²) < 4.78 is 31.0. The van der Waals surface area contributed by atoms with E-state index in [0.29, 0.717) is 0 Å². The highest BCUT2D eigenvalue weighted by Crippen LogP contribution is 2.45. The highest BCUT2D eigenvalue weighted by atomic mass is 35.5. The van der Waals surface area contributed by atoms with E-state index in [9.17, 15) is 14.7 Å². The summed E-state index contributed by atoms with van der Waals surface area (Å²) in [6, 6.07) is 1.24. The summed E-state index contributed by atoms with van der Waals surface area (Å²) >= 11 is 5.88. The van der Waals surface area contributed by atoms with Crippen molar-refractivity contribution in [1.82, 2.24) is 9.55 Å². The van der Waals surface area contributed by atoms with Crippen molar-refractivity contribution in [2.24, 2.45) is 0 Å². The van der Waals surface area contributed by atoms with E-state index in [0.717, 1.165) is 10.8 Å². The van der Waals surface area contributed by atoms with Crippen LogP contribution < -0.4 is 11.4 Å². The van der Waals surface area contributed by atoms with Crippen LogP contribution in [0.15, 0.2) is 17.1 Å². The molecule has 0 aromatic carbocycles. The first-order valence-electron chi connectivity index (χ1n) is 7.34. The highest BCUT2D eigenvalue weighted by molar-refractivity contribution is 6.23. The molecule has 0 amide bonds. The van der Waals surface area contributed by atoms with Crippen LogP contribution in [0.4, 0.5) is 15.0 Å². The van der Waals surface area contributed by atoms with Gasteiger partial charge in [-0.15, -0.1) is 0 Å². The number of nitrogens with two attached hydrogens (primary N) is 1. The second-order valence-electron chi connectivity index (χ2n) is 6.43. The Kier molecular flexibility index (Phi) is 5.26. The standard InChI is InChI=1S/C14H19ClFN3O6/c1-13(2,3)25-12(22)24-9-7(6-20)23-10(14(9,15)16)19-5-4-8(17)18-11(19)21/h4-5,7,9-10,20H,6H2,1-3H3,(H2,17,18,21)/t7-,9?,10-,14?/m1/s1. The second kappa shape index (κ2) is 6.77. The van der Waals surface area contributed by atoms with Crippen molar-refractivity contribution in [3.63, 3.8) is 0 Å². The summed E-state index contributed by atoms with van der Waals surface area (Å²) in [6.07, 6.45) is -4.78. The monoisotopic (exact) mass is 379 g/mol. The van der Waals surface area contributed by atoms with E-state index in [-0.39, 0.29) is 5.82 Å². The number of carbonyl (C=O) groups is 1. The van der Waals surface area contributed by atoms with Gasteiger partial charge in [0.1, 0.15) is 17.5 Å². The largest absolute Gasteiger partial charge is 0.509 e. The van der Waals surface area contributed by atoms with Gasteiger partial charge in [-0.1, -0.05) is 11.6 Å². The van der Waals surface area contributed by atoms with Crippen molar-refractivity contribution < 1.29 is 28.5 Å². The number of halogens is 2. The molecule has 1 saturated heterocycles. The molecule has 0 saturated carbocycles. The Morgan fingerprint density at radius 3 is 2.76 bits per heavy atom. The molecule has 9 nitrogen and oxygen atoms in total. The molecule has 11 heteroatoms. The molecule has 2 unspecified atom stereocenters. The minimum atomic E-state index is -2.86. The lowest BCUT2D eigenvalue weighted by molar-refractivity contribution is -0.0694. The lowest BCUT2D eigenvalue weighted by Gasteiger charge is -2.26. The quantitative estimate of drug-likeness (QED) is 0.587. The van der Waals surface area contributed by atoms with Crippen molar-refractivity contribution in [2.45, 2.75) is 49.9 Å². The minimum Gasteiger partial charge on any atom is -0.429 e. The molecule has 4 atom stereocenters. The van der Waals surface area contributed by atoms with Gasteiger partial charge in [0.15, 0.2) is 12.3 Å². The van der Waals surface area contributed by atoms with Gasteiger partial charge >= 0.3 is 11.8 Å². The molecule has 1 aliphatic rings. The van der Waals surface area contributed by atoms with Crippen LogP contribution in [0.1, 0.15) is 27.0 Å². The third-order valence-electron chi connectivity index (χ3n) is 3.25. The van der Waals surface area contributed by atoms with Crippen LogP contribution in [-0.4, -0.2) is 50.4 Å². The summed E-state index contributed by atoms with van der Waals surface area (Å²) in [5, 5.41) is 6.53. The van der Waals surface area contributed by atoms with Crippen LogP contribution in [0.5, 0.6) is 0 Å². The number of hydrogen-bond donors (Lipinski definition) is 2. The molecule has 2 heterocycles. The topological polar surface area (TPSA) is 126 Å². The number of ether oxygens (including phenoxy) is 3. The van der Waals surface area contributed by atoms with E-state index in [2.05, 4.69) is 4.98 Å². The lowest BCUT2D eigenvalue weighted by atomic mass is 10.1. The smallest absolute Gasteiger partial charge is 0.429 e. The number of alkyl halides is 2. The first-order chi connectivity index (χ1) is 11.5. The Labute approximate surface area is 147 Å². The van der Waals surface area contributed by atoms with Crippen LogP contribution in [0.3, 0.4) is 0 Å². The Morgan fingerprint density at radius 1 is 1.60 bits per heavy atom. The molecule has 1 aromatic rings. The first kappa shape index (κ1) is 19.4. The second-order valence-corrected chi connectivity index (χ2v) is 7.01. The van der Waals surface area contributed by atoms with Crippen LogP contribution in [-0.2, 0) is 14.2 Å². The molecule has 0 aliphatic carbocycles. The molecule has 0 spiro atoms. The number of aliphatic hydroxyl groups is 1. The van der Waals surface area contributed by atoms with E-state index in [1.54, 1.807) is 20.8 Å². The van der Waals surface area contributed by atoms with Gasteiger partial charge in [-0.3, -0.25) is 4.57 Å². The summed E-state index contributed by atoms with van der Waals surface area (Å²) in [5.74, 6) is -0.0708. The number of nitrogen functional groups attached to an aromatic ring is 1. The van der Waals surface area contributed by atoms with Crippen molar-refractivity contribution in [3.8, 4) is 0 Å². The van der Waals surface area contributed by atoms with E-state index in [1.165, 1.54) is 6.07 Å². The zero-order chi connectivity index (χ0) is 19.0. The average molecular weight is 380 g/mol. The van der Waals surface area contributed by atoms with Gasteiger partial charge in [-0.2, -0.15) is 4.98 Å². The SMILES string of the molecule is CC(C)(C)OC(=O)OC1[C@@H](CO)O[C@@H](n2ccc(N)nc2=O)C1(F)Cl. The number of nitrogens with zero attached hydrogens (tertiary/aromatic N) is 2. The number of hydrogen-bond acceptors (Lipinski definition) is 8. The Hall–Kier alpha value is -1.91. The molecule has 1 aliphatic heterocycles. The first-order valence-corrected chi connectivity index (χ1v) is 7.72. The maximum Gasteiger partial charge on any atom is 0.509 e. The maximum atomic E-state index is 15.1. The fourth-order valence-electron chi connectivity index (χ4n) is 2.24. The summed E-state index contributed by atoms with van der Waals surface area (Å²) in [5.41, 5.74) is 3.59. The van der Waals surface area contributed by atoms with Gasteiger partial charge < -0.3 is 25.1 Å². The van der Waals surface area contributed by atoms with Gasteiger partial charge in [0.2, 0.25) is 0 Å². The lowest BCUT2D eigenvalue weighted by Crippen LogP contribution is -2.44. The van der Waals surface area contributed by atoms with Gasteiger partial charge in [0, 0.05) is 6.20 Å². The normalized spacial score (nSPS) is 29.4. The summed E-state index contributed by atoms with van der Waals surface area (Å²) in [4.78, 5) is 27.2. The number of carbonyl (C=O) groups excluding carboxylic acids is 1. The van der Waals surface area contributed by atoms with Gasteiger partial charge in [-0.25, -0.2) is 14.0 Å². The predicted molar refractivity (Wildman–Crippen MR) is 84.7 cm³/mol. The predicted octanol–water partition coefficient (Wildman–Crippen LogP) is 0.940. The summed E-state index contributed by atoms with van der Waals surface area (Å²) in [7, 11) is 0. The third kappa shape index (κ3) is 4.20. The zero-order valence-corrected chi connectivity index (χ0v) is 14.6. The van der Waals surface area contributed by atoms with E-state index in [1.807, 2.05) is 0 Å². The molecule has 1 fully saturated rings. The number of aliphatic hydroxyl groups excluding tert-OH is 1. The molecule has 25 heavy (non-hydrogen) atoms. The highest BCUT2D eigenvalue weighted by Gasteiger charge is 2.60. The van der Waals surface area contributed by atoms with Crippen LogP contribution >= 0.6 is 11.6 Å². The molecule has 3 N–H and O–H groups in total. The van der Waals surface area contributed by atoms with Crippen molar-refractivity contribution in [3.05, 3.63) is 22.7 Å². The Morgan fingerprint density at radius 2 is 2.24 bits per heavy atom. The average Bonchev–Trinajstić information content (AvgIpc) is 2.69. The van der Waals surface area contributed by atoms with Crippen molar-refractivity contribution >= 4 is 23.6 Å². The molecule has 1 aromatic heterocycles. The van der Waals surface area contributed by atoms with Crippen molar-refractivity contribution in [2.75, 3.05) is 12.3 Å². The number of aromatic nitrogens is 2. The maximum absolute atomic E-state index is 15.1. The molecule has 2 rings (SSSR count). The van der Waals surface area contributed by atoms with Gasteiger partial charge in [0.25, 0.3) is 5.13 Å². The Balaban J connectivity index is 2.29. The minimum absolute atomic E-state index is 0.0708. The molecular formula is C14H19ClFN3O6. The van der Waals surface area contributed by atoms with Crippen LogP contribution in [0, 0.1) is 0 Å². The van der Waals surface area contributed by atoms with E-state index < -0.39 is 47.6 Å². The molecular weight excluding hydrogens is 361 g/mol. The van der Waals surface area contributed by atoms with Crippen LogP contribution in [0.2, 0.25) is 0 Å².